The topological polar surface area (TPSA) is 55.8 Å². The first-order valence-electron chi connectivity index (χ1n) is 11.9. The SMILES string of the molecule is CC(=O)OCc1ccc(OC(=O)C(C)C)c([C@H](CCN(C(C)C)C(C)C)c2ccccc2)c1. The molecule has 0 aromatic heterocycles. The molecule has 0 unspecified atom stereocenters. The van der Waals surface area contributed by atoms with Gasteiger partial charge in [-0.3, -0.25) is 14.5 Å². The van der Waals surface area contributed by atoms with Crippen LogP contribution in [-0.4, -0.2) is 35.5 Å². The van der Waals surface area contributed by atoms with Crippen LogP contribution in [0.3, 0.4) is 0 Å². The van der Waals surface area contributed by atoms with Crippen molar-refractivity contribution in [2.75, 3.05) is 6.54 Å². The molecule has 0 saturated carbocycles. The van der Waals surface area contributed by atoms with Gasteiger partial charge in [-0.05, 0) is 63.9 Å². The van der Waals surface area contributed by atoms with Gasteiger partial charge in [0.25, 0.3) is 0 Å². The molecule has 0 spiro atoms. The quantitative estimate of drug-likeness (QED) is 0.311. The first-order chi connectivity index (χ1) is 15.6. The normalized spacial score (nSPS) is 12.5. The minimum Gasteiger partial charge on any atom is -0.461 e. The number of benzene rings is 2. The maximum Gasteiger partial charge on any atom is 0.313 e. The van der Waals surface area contributed by atoms with E-state index in [0.29, 0.717) is 17.8 Å². The molecule has 0 radical (unpaired) electrons. The molecule has 0 bridgehead atoms. The molecule has 0 fully saturated rings. The molecule has 2 aromatic carbocycles. The molecule has 5 nitrogen and oxygen atoms in total. The number of rotatable bonds is 11. The van der Waals surface area contributed by atoms with Crippen LogP contribution < -0.4 is 4.74 Å². The predicted octanol–water partition coefficient (Wildman–Crippen LogP) is 5.95. The minimum atomic E-state index is -0.323. The average Bonchev–Trinajstić information content (AvgIpc) is 2.76. The third kappa shape index (κ3) is 8.01. The van der Waals surface area contributed by atoms with Crippen LogP contribution in [0.4, 0.5) is 0 Å². The van der Waals surface area contributed by atoms with E-state index in [-0.39, 0.29) is 30.4 Å². The molecule has 33 heavy (non-hydrogen) atoms. The van der Waals surface area contributed by atoms with E-state index < -0.39 is 0 Å². The van der Waals surface area contributed by atoms with Gasteiger partial charge in [0.1, 0.15) is 12.4 Å². The highest BCUT2D eigenvalue weighted by atomic mass is 16.5. The standard InChI is InChI=1S/C28H39NO4/c1-19(2)28(31)33-27-14-13-23(18-32-22(7)30)17-26(27)25(24-11-9-8-10-12-24)15-16-29(20(3)4)21(5)6/h8-14,17,19-21,25H,15-16,18H2,1-7H3/t25-/m1/s1. The molecule has 1 atom stereocenters. The zero-order valence-electron chi connectivity index (χ0n) is 21.1. The largest absolute Gasteiger partial charge is 0.461 e. The number of esters is 2. The van der Waals surface area contributed by atoms with Crippen LogP contribution in [0.5, 0.6) is 5.75 Å². The third-order valence-corrected chi connectivity index (χ3v) is 5.78. The van der Waals surface area contributed by atoms with Crippen LogP contribution in [-0.2, 0) is 20.9 Å². The summed E-state index contributed by atoms with van der Waals surface area (Å²) in [6.07, 6.45) is 0.865. The fraction of sp³-hybridized carbons (Fsp3) is 0.500. The van der Waals surface area contributed by atoms with Crippen molar-refractivity contribution in [2.24, 2.45) is 5.92 Å². The lowest BCUT2D eigenvalue weighted by Gasteiger charge is -2.32. The molecule has 0 amide bonds. The molecule has 180 valence electrons. The van der Waals surface area contributed by atoms with Crippen LogP contribution in [0.1, 0.15) is 77.5 Å². The molecule has 0 aliphatic heterocycles. The van der Waals surface area contributed by atoms with Crippen molar-refractivity contribution in [3.8, 4) is 5.75 Å². The predicted molar refractivity (Wildman–Crippen MR) is 132 cm³/mol. The second-order valence-electron chi connectivity index (χ2n) is 9.41. The number of hydrogen-bond acceptors (Lipinski definition) is 5. The maximum atomic E-state index is 12.5. The molecule has 0 saturated heterocycles. The molecular weight excluding hydrogens is 414 g/mol. The highest BCUT2D eigenvalue weighted by Crippen LogP contribution is 2.36. The number of nitrogens with zero attached hydrogens (tertiary/aromatic N) is 1. The number of hydrogen-bond donors (Lipinski definition) is 0. The van der Waals surface area contributed by atoms with Crippen molar-refractivity contribution in [3.05, 3.63) is 65.2 Å². The summed E-state index contributed by atoms with van der Waals surface area (Å²) in [6, 6.07) is 16.9. The number of carbonyl (C=O) groups excluding carboxylic acids is 2. The zero-order valence-corrected chi connectivity index (χ0v) is 21.1. The van der Waals surface area contributed by atoms with E-state index in [2.05, 4.69) is 44.7 Å². The lowest BCUT2D eigenvalue weighted by molar-refractivity contribution is -0.142. The Morgan fingerprint density at radius 1 is 0.909 bits per heavy atom. The third-order valence-electron chi connectivity index (χ3n) is 5.78. The lowest BCUT2D eigenvalue weighted by atomic mass is 9.86. The Hall–Kier alpha value is -2.66. The smallest absolute Gasteiger partial charge is 0.313 e. The molecule has 0 N–H and O–H groups in total. The van der Waals surface area contributed by atoms with Gasteiger partial charge in [0, 0.05) is 30.5 Å². The summed E-state index contributed by atoms with van der Waals surface area (Å²) in [5.41, 5.74) is 2.97. The Bertz CT molecular complexity index is 897. The molecule has 2 rings (SSSR count). The number of carbonyl (C=O) groups is 2. The van der Waals surface area contributed by atoms with Crippen molar-refractivity contribution < 1.29 is 19.1 Å². The van der Waals surface area contributed by atoms with Gasteiger partial charge < -0.3 is 9.47 Å². The van der Waals surface area contributed by atoms with Crippen LogP contribution in [0, 0.1) is 5.92 Å². The second kappa shape index (κ2) is 12.5. The summed E-state index contributed by atoms with van der Waals surface area (Å²) in [5.74, 6) is -0.225. The fourth-order valence-electron chi connectivity index (χ4n) is 4.04. The average molecular weight is 454 g/mol. The van der Waals surface area contributed by atoms with E-state index >= 15 is 0 Å². The molecular formula is C28H39NO4. The van der Waals surface area contributed by atoms with Gasteiger partial charge in [-0.15, -0.1) is 0 Å². The summed E-state index contributed by atoms with van der Waals surface area (Å²) in [5, 5.41) is 0. The van der Waals surface area contributed by atoms with Crippen LogP contribution in [0.2, 0.25) is 0 Å². The Kier molecular flexibility index (Phi) is 10.1. The van der Waals surface area contributed by atoms with Crippen molar-refractivity contribution in [3.63, 3.8) is 0 Å². The van der Waals surface area contributed by atoms with E-state index in [9.17, 15) is 9.59 Å². The fourth-order valence-corrected chi connectivity index (χ4v) is 4.04. The van der Waals surface area contributed by atoms with Gasteiger partial charge in [-0.1, -0.05) is 50.2 Å². The van der Waals surface area contributed by atoms with Crippen molar-refractivity contribution in [1.29, 1.82) is 0 Å². The van der Waals surface area contributed by atoms with Crippen molar-refractivity contribution in [2.45, 2.75) is 79.5 Å². The maximum absolute atomic E-state index is 12.5. The molecule has 2 aromatic rings. The van der Waals surface area contributed by atoms with E-state index in [1.54, 1.807) is 0 Å². The van der Waals surface area contributed by atoms with Gasteiger partial charge in [0.05, 0.1) is 5.92 Å². The van der Waals surface area contributed by atoms with Gasteiger partial charge in [-0.25, -0.2) is 0 Å². The van der Waals surface area contributed by atoms with E-state index in [1.807, 2.05) is 50.2 Å². The van der Waals surface area contributed by atoms with Crippen LogP contribution >= 0.6 is 0 Å². The Labute approximate surface area is 199 Å². The van der Waals surface area contributed by atoms with Crippen molar-refractivity contribution >= 4 is 11.9 Å². The summed E-state index contributed by atoms with van der Waals surface area (Å²) in [4.78, 5) is 26.3. The molecule has 0 aliphatic rings. The van der Waals surface area contributed by atoms with Gasteiger partial charge in [0.2, 0.25) is 0 Å². The van der Waals surface area contributed by atoms with Crippen molar-refractivity contribution in [1.82, 2.24) is 4.90 Å². The lowest BCUT2D eigenvalue weighted by Crippen LogP contribution is -2.38. The van der Waals surface area contributed by atoms with Gasteiger partial charge in [0.15, 0.2) is 0 Å². The molecule has 0 heterocycles. The summed E-state index contributed by atoms with van der Waals surface area (Å²) >= 11 is 0. The molecule has 5 heteroatoms. The van der Waals surface area contributed by atoms with Crippen LogP contribution in [0.25, 0.3) is 0 Å². The Balaban J connectivity index is 2.51. The first kappa shape index (κ1) is 26.6. The monoisotopic (exact) mass is 453 g/mol. The summed E-state index contributed by atoms with van der Waals surface area (Å²) in [7, 11) is 0. The molecule has 0 aliphatic carbocycles. The Morgan fingerprint density at radius 3 is 2.09 bits per heavy atom. The second-order valence-corrected chi connectivity index (χ2v) is 9.41. The highest BCUT2D eigenvalue weighted by molar-refractivity contribution is 5.75. The van der Waals surface area contributed by atoms with E-state index in [1.165, 1.54) is 6.92 Å². The van der Waals surface area contributed by atoms with Crippen LogP contribution in [0.15, 0.2) is 48.5 Å². The van der Waals surface area contributed by atoms with Gasteiger partial charge >= 0.3 is 11.9 Å². The zero-order chi connectivity index (χ0) is 24.5. The Morgan fingerprint density at radius 2 is 1.55 bits per heavy atom. The minimum absolute atomic E-state index is 0.0263. The first-order valence-corrected chi connectivity index (χ1v) is 11.9. The summed E-state index contributed by atoms with van der Waals surface area (Å²) in [6.45, 7) is 15.0. The van der Waals surface area contributed by atoms with Gasteiger partial charge in [-0.2, -0.15) is 0 Å². The van der Waals surface area contributed by atoms with E-state index in [0.717, 1.165) is 29.7 Å². The highest BCUT2D eigenvalue weighted by Gasteiger charge is 2.24. The van der Waals surface area contributed by atoms with E-state index in [4.69, 9.17) is 9.47 Å². The number of ether oxygens (including phenoxy) is 2. The summed E-state index contributed by atoms with van der Waals surface area (Å²) < 4.78 is 11.1.